The minimum absolute atomic E-state index is 0.332. The number of carboxylic acids is 1. The molecule has 0 amide bonds. The van der Waals surface area contributed by atoms with E-state index < -0.39 is 5.97 Å². The van der Waals surface area contributed by atoms with Crippen molar-refractivity contribution in [3.05, 3.63) is 0 Å². The van der Waals surface area contributed by atoms with E-state index in [9.17, 15) is 4.79 Å². The van der Waals surface area contributed by atoms with Crippen LogP contribution in [0.1, 0.15) is 85.5 Å². The molecule has 19 heavy (non-hydrogen) atoms. The van der Waals surface area contributed by atoms with E-state index in [1.165, 1.54) is 38.5 Å². The SMILES string of the molecule is CC(C)CCC(C)CCCC(C)CCCCC(=O)O. The second-order valence-electron chi connectivity index (χ2n) is 6.75. The number of carboxylic acid groups (broad SMARTS) is 1. The van der Waals surface area contributed by atoms with Crippen LogP contribution in [-0.4, -0.2) is 11.1 Å². The van der Waals surface area contributed by atoms with Crippen LogP contribution in [0.15, 0.2) is 0 Å². The van der Waals surface area contributed by atoms with Gasteiger partial charge in [0.15, 0.2) is 0 Å². The molecule has 2 heteroatoms. The molecule has 0 aromatic carbocycles. The molecule has 2 unspecified atom stereocenters. The Labute approximate surface area is 120 Å². The summed E-state index contributed by atoms with van der Waals surface area (Å²) < 4.78 is 0. The second-order valence-corrected chi connectivity index (χ2v) is 6.75. The fourth-order valence-corrected chi connectivity index (χ4v) is 2.49. The molecule has 0 radical (unpaired) electrons. The van der Waals surface area contributed by atoms with Crippen LogP contribution in [0, 0.1) is 17.8 Å². The number of rotatable bonds is 12. The first-order chi connectivity index (χ1) is 8.91. The van der Waals surface area contributed by atoms with Gasteiger partial charge < -0.3 is 5.11 Å². The van der Waals surface area contributed by atoms with Gasteiger partial charge in [0.1, 0.15) is 0 Å². The van der Waals surface area contributed by atoms with Crippen molar-refractivity contribution >= 4 is 5.97 Å². The molecule has 0 saturated carbocycles. The highest BCUT2D eigenvalue weighted by molar-refractivity contribution is 5.66. The molecule has 0 aromatic rings. The topological polar surface area (TPSA) is 37.3 Å². The molecule has 2 atom stereocenters. The molecule has 0 fully saturated rings. The first-order valence-electron chi connectivity index (χ1n) is 8.13. The summed E-state index contributed by atoms with van der Waals surface area (Å²) in [7, 11) is 0. The normalized spacial score (nSPS) is 14.6. The van der Waals surface area contributed by atoms with E-state index in [2.05, 4.69) is 27.7 Å². The molecule has 0 bridgehead atoms. The molecule has 0 rings (SSSR count). The Balaban J connectivity index is 3.41. The lowest BCUT2D eigenvalue weighted by molar-refractivity contribution is -0.137. The smallest absolute Gasteiger partial charge is 0.303 e. The van der Waals surface area contributed by atoms with Crippen molar-refractivity contribution in [3.8, 4) is 0 Å². The van der Waals surface area contributed by atoms with Crippen molar-refractivity contribution in [2.24, 2.45) is 17.8 Å². The van der Waals surface area contributed by atoms with E-state index in [-0.39, 0.29) is 0 Å². The van der Waals surface area contributed by atoms with E-state index >= 15 is 0 Å². The number of hydrogen-bond donors (Lipinski definition) is 1. The highest BCUT2D eigenvalue weighted by atomic mass is 16.4. The van der Waals surface area contributed by atoms with E-state index in [0.717, 1.165) is 30.6 Å². The summed E-state index contributed by atoms with van der Waals surface area (Å²) in [6, 6.07) is 0. The Hall–Kier alpha value is -0.530. The average molecular weight is 270 g/mol. The van der Waals surface area contributed by atoms with Gasteiger partial charge in [0.2, 0.25) is 0 Å². The van der Waals surface area contributed by atoms with Crippen LogP contribution in [0.3, 0.4) is 0 Å². The van der Waals surface area contributed by atoms with Crippen molar-refractivity contribution in [2.45, 2.75) is 85.5 Å². The van der Waals surface area contributed by atoms with Crippen LogP contribution in [0.4, 0.5) is 0 Å². The highest BCUT2D eigenvalue weighted by Crippen LogP contribution is 2.21. The minimum atomic E-state index is -0.661. The van der Waals surface area contributed by atoms with Crippen LogP contribution in [0.25, 0.3) is 0 Å². The summed E-state index contributed by atoms with van der Waals surface area (Å²) in [5.41, 5.74) is 0. The maximum Gasteiger partial charge on any atom is 0.303 e. The van der Waals surface area contributed by atoms with Crippen LogP contribution in [0.5, 0.6) is 0 Å². The fourth-order valence-electron chi connectivity index (χ4n) is 2.49. The zero-order chi connectivity index (χ0) is 14.7. The first kappa shape index (κ1) is 18.5. The minimum Gasteiger partial charge on any atom is -0.481 e. The summed E-state index contributed by atoms with van der Waals surface area (Å²) in [4.78, 5) is 10.4. The van der Waals surface area contributed by atoms with E-state index in [4.69, 9.17) is 5.11 Å². The Morgan fingerprint density at radius 1 is 0.789 bits per heavy atom. The molecule has 1 N–H and O–H groups in total. The molecule has 114 valence electrons. The molecule has 0 aliphatic rings. The molecule has 0 saturated heterocycles. The van der Waals surface area contributed by atoms with E-state index in [1.54, 1.807) is 0 Å². The van der Waals surface area contributed by atoms with Gasteiger partial charge in [-0.05, 0) is 24.2 Å². The average Bonchev–Trinajstić information content (AvgIpc) is 2.32. The van der Waals surface area contributed by atoms with Gasteiger partial charge in [-0.1, -0.05) is 72.6 Å². The summed E-state index contributed by atoms with van der Waals surface area (Å²) in [5, 5.41) is 8.57. The van der Waals surface area contributed by atoms with Gasteiger partial charge in [-0.2, -0.15) is 0 Å². The third-order valence-electron chi connectivity index (χ3n) is 3.97. The van der Waals surface area contributed by atoms with E-state index in [1.807, 2.05) is 0 Å². The monoisotopic (exact) mass is 270 g/mol. The lowest BCUT2D eigenvalue weighted by atomic mass is 9.91. The Morgan fingerprint density at radius 2 is 1.32 bits per heavy atom. The predicted octanol–water partition coefficient (Wildman–Crippen LogP) is 5.51. The molecule has 0 aliphatic heterocycles. The Morgan fingerprint density at radius 3 is 1.84 bits per heavy atom. The highest BCUT2D eigenvalue weighted by Gasteiger charge is 2.07. The maximum absolute atomic E-state index is 10.4. The van der Waals surface area contributed by atoms with Gasteiger partial charge in [-0.25, -0.2) is 0 Å². The van der Waals surface area contributed by atoms with Crippen LogP contribution in [0.2, 0.25) is 0 Å². The van der Waals surface area contributed by atoms with Gasteiger partial charge in [0.25, 0.3) is 0 Å². The quantitative estimate of drug-likeness (QED) is 0.475. The fraction of sp³-hybridized carbons (Fsp3) is 0.941. The van der Waals surface area contributed by atoms with Gasteiger partial charge in [-0.3, -0.25) is 4.79 Å². The van der Waals surface area contributed by atoms with Crippen LogP contribution >= 0.6 is 0 Å². The third kappa shape index (κ3) is 13.7. The van der Waals surface area contributed by atoms with Gasteiger partial charge in [0, 0.05) is 6.42 Å². The second kappa shape index (κ2) is 11.3. The molecule has 0 heterocycles. The lowest BCUT2D eigenvalue weighted by Crippen LogP contribution is -2.01. The van der Waals surface area contributed by atoms with Crippen LogP contribution in [-0.2, 0) is 4.79 Å². The van der Waals surface area contributed by atoms with Gasteiger partial charge >= 0.3 is 5.97 Å². The summed E-state index contributed by atoms with van der Waals surface area (Å²) >= 11 is 0. The van der Waals surface area contributed by atoms with Gasteiger partial charge in [-0.15, -0.1) is 0 Å². The number of unbranched alkanes of at least 4 members (excludes halogenated alkanes) is 1. The number of hydrogen-bond acceptors (Lipinski definition) is 1. The zero-order valence-corrected chi connectivity index (χ0v) is 13.5. The van der Waals surface area contributed by atoms with Crippen molar-refractivity contribution in [1.82, 2.24) is 0 Å². The molecule has 0 aliphatic carbocycles. The van der Waals surface area contributed by atoms with Gasteiger partial charge in [0.05, 0.1) is 0 Å². The van der Waals surface area contributed by atoms with Crippen molar-refractivity contribution < 1.29 is 9.90 Å². The third-order valence-corrected chi connectivity index (χ3v) is 3.97. The predicted molar refractivity (Wildman–Crippen MR) is 82.4 cm³/mol. The summed E-state index contributed by atoms with van der Waals surface area (Å²) in [6.07, 6.45) is 10.1. The molecular weight excluding hydrogens is 236 g/mol. The van der Waals surface area contributed by atoms with Crippen molar-refractivity contribution in [2.75, 3.05) is 0 Å². The van der Waals surface area contributed by atoms with Crippen molar-refractivity contribution in [1.29, 1.82) is 0 Å². The Kier molecular flexibility index (Phi) is 11.0. The van der Waals surface area contributed by atoms with E-state index in [0.29, 0.717) is 6.42 Å². The standard InChI is InChI=1S/C17H34O2/c1-14(2)12-13-16(4)10-7-9-15(3)8-5-6-11-17(18)19/h14-16H,5-13H2,1-4H3,(H,18,19). The lowest BCUT2D eigenvalue weighted by Gasteiger charge is -2.15. The molecule has 0 aromatic heterocycles. The molecule has 0 spiro atoms. The number of aliphatic carboxylic acids is 1. The molecule has 2 nitrogen and oxygen atoms in total. The maximum atomic E-state index is 10.4. The summed E-state index contributed by atoms with van der Waals surface area (Å²) in [6.45, 7) is 9.28. The first-order valence-corrected chi connectivity index (χ1v) is 8.13. The zero-order valence-electron chi connectivity index (χ0n) is 13.5. The largest absolute Gasteiger partial charge is 0.481 e. The Bertz CT molecular complexity index is 223. The van der Waals surface area contributed by atoms with Crippen LogP contribution < -0.4 is 0 Å². The number of carbonyl (C=O) groups is 1. The molecular formula is C17H34O2. The summed E-state index contributed by atoms with van der Waals surface area (Å²) in [5.74, 6) is 1.79. The van der Waals surface area contributed by atoms with Crippen molar-refractivity contribution in [3.63, 3.8) is 0 Å².